The summed E-state index contributed by atoms with van der Waals surface area (Å²) in [6, 6.07) is 1.89. The Balaban J connectivity index is 1.87. The second-order valence-corrected chi connectivity index (χ2v) is 9.25. The van der Waals surface area contributed by atoms with E-state index in [0.717, 1.165) is 18.6 Å². The molecule has 0 radical (unpaired) electrons. The first-order valence-electron chi connectivity index (χ1n) is 9.57. The first kappa shape index (κ1) is 24.6. The minimum atomic E-state index is -4.93. The number of piperazine rings is 1. The Hall–Kier alpha value is -2.99. The maximum atomic E-state index is 13.1. The predicted octanol–water partition coefficient (Wildman–Crippen LogP) is 0.0988. The number of hydrogen-bond donors (Lipinski definition) is 3. The number of alkyl halides is 3. The van der Waals surface area contributed by atoms with Gasteiger partial charge in [-0.25, -0.2) is 23.4 Å². The summed E-state index contributed by atoms with van der Waals surface area (Å²) in [6.07, 6.45) is -2.07. The number of nitrogen functional groups attached to an aromatic ring is 1. The van der Waals surface area contributed by atoms with Gasteiger partial charge in [0.25, 0.3) is 0 Å². The third-order valence-electron chi connectivity index (χ3n) is 5.10. The lowest BCUT2D eigenvalue weighted by Gasteiger charge is -2.38. The van der Waals surface area contributed by atoms with Crippen molar-refractivity contribution in [3.8, 4) is 11.8 Å². The summed E-state index contributed by atoms with van der Waals surface area (Å²) in [6.45, 7) is 0.0751. The summed E-state index contributed by atoms with van der Waals surface area (Å²) in [5.74, 6) is 5.35. The number of nitrogens with zero attached hydrogens (tertiary/aromatic N) is 5. The predicted molar refractivity (Wildman–Crippen MR) is 111 cm³/mol. The highest BCUT2D eigenvalue weighted by Crippen LogP contribution is 2.38. The van der Waals surface area contributed by atoms with E-state index in [0.29, 0.717) is 6.92 Å². The molecule has 0 saturated carbocycles. The van der Waals surface area contributed by atoms with Gasteiger partial charge in [-0.1, -0.05) is 11.8 Å². The highest BCUT2D eigenvalue weighted by molar-refractivity contribution is 7.89. The SMILES string of the molecule is C[C@@](O)(c1cnc(N2CCN(S(=O)(=O)c3ccc(N)nc3)CC2C#CCO)nc1)C(F)(F)F. The van der Waals surface area contributed by atoms with Gasteiger partial charge in [-0.15, -0.1) is 0 Å². The smallest absolute Gasteiger partial charge is 0.384 e. The molecule has 14 heteroatoms. The van der Waals surface area contributed by atoms with E-state index in [1.807, 2.05) is 0 Å². The molecule has 0 amide bonds. The van der Waals surface area contributed by atoms with Gasteiger partial charge in [-0.3, -0.25) is 0 Å². The molecule has 1 saturated heterocycles. The van der Waals surface area contributed by atoms with Gasteiger partial charge in [0.15, 0.2) is 5.60 Å². The monoisotopic (exact) mass is 486 g/mol. The van der Waals surface area contributed by atoms with Crippen molar-refractivity contribution >= 4 is 21.8 Å². The van der Waals surface area contributed by atoms with Crippen LogP contribution in [0.15, 0.2) is 35.6 Å². The van der Waals surface area contributed by atoms with Crippen LogP contribution in [0.1, 0.15) is 12.5 Å². The van der Waals surface area contributed by atoms with Crippen LogP contribution in [0.3, 0.4) is 0 Å². The summed E-state index contributed by atoms with van der Waals surface area (Å²) < 4.78 is 66.3. The fourth-order valence-electron chi connectivity index (χ4n) is 3.08. The van der Waals surface area contributed by atoms with E-state index in [1.165, 1.54) is 21.3 Å². The van der Waals surface area contributed by atoms with Gasteiger partial charge < -0.3 is 20.8 Å². The zero-order valence-corrected chi connectivity index (χ0v) is 18.2. The maximum absolute atomic E-state index is 13.1. The molecule has 1 unspecified atom stereocenters. The molecule has 33 heavy (non-hydrogen) atoms. The molecular formula is C19H21F3N6O4S. The number of hydrogen-bond acceptors (Lipinski definition) is 9. The Morgan fingerprint density at radius 1 is 1.18 bits per heavy atom. The number of nitrogens with two attached hydrogens (primary N) is 1. The molecule has 1 aliphatic heterocycles. The molecule has 1 aliphatic rings. The third-order valence-corrected chi connectivity index (χ3v) is 6.95. The molecule has 2 aromatic heterocycles. The van der Waals surface area contributed by atoms with Crippen molar-refractivity contribution in [2.24, 2.45) is 0 Å². The van der Waals surface area contributed by atoms with Crippen molar-refractivity contribution < 1.29 is 31.8 Å². The number of aliphatic hydroxyl groups is 2. The maximum Gasteiger partial charge on any atom is 0.421 e. The average Bonchev–Trinajstić information content (AvgIpc) is 2.77. The summed E-state index contributed by atoms with van der Waals surface area (Å²) in [5.41, 5.74) is 1.82. The molecule has 2 aromatic rings. The van der Waals surface area contributed by atoms with E-state index in [4.69, 9.17) is 10.8 Å². The Bertz CT molecular complexity index is 1150. The Labute approximate surface area is 187 Å². The first-order valence-corrected chi connectivity index (χ1v) is 11.0. The largest absolute Gasteiger partial charge is 0.421 e. The van der Waals surface area contributed by atoms with E-state index in [9.17, 15) is 26.7 Å². The van der Waals surface area contributed by atoms with Crippen molar-refractivity contribution in [3.63, 3.8) is 0 Å². The molecule has 3 rings (SSSR count). The van der Waals surface area contributed by atoms with Gasteiger partial charge in [-0.2, -0.15) is 17.5 Å². The lowest BCUT2D eigenvalue weighted by Crippen LogP contribution is -2.55. The summed E-state index contributed by atoms with van der Waals surface area (Å²) in [7, 11) is -3.93. The van der Waals surface area contributed by atoms with Crippen molar-refractivity contribution in [3.05, 3.63) is 36.3 Å². The summed E-state index contributed by atoms with van der Waals surface area (Å²) >= 11 is 0. The van der Waals surface area contributed by atoms with Gasteiger partial charge in [-0.05, 0) is 19.1 Å². The van der Waals surface area contributed by atoms with Crippen LogP contribution in [-0.2, 0) is 15.6 Å². The van der Waals surface area contributed by atoms with E-state index < -0.39 is 40.0 Å². The van der Waals surface area contributed by atoms with Crippen molar-refractivity contribution in [1.29, 1.82) is 0 Å². The number of pyridine rings is 1. The van der Waals surface area contributed by atoms with Crippen LogP contribution in [0.5, 0.6) is 0 Å². The average molecular weight is 486 g/mol. The molecule has 1 fully saturated rings. The molecular weight excluding hydrogens is 465 g/mol. The normalized spacial score (nSPS) is 19.5. The van der Waals surface area contributed by atoms with E-state index in [-0.39, 0.29) is 36.3 Å². The lowest BCUT2D eigenvalue weighted by atomic mass is 9.99. The van der Waals surface area contributed by atoms with Gasteiger partial charge in [0, 0.05) is 43.8 Å². The van der Waals surface area contributed by atoms with E-state index in [2.05, 4.69) is 26.8 Å². The molecule has 0 spiro atoms. The van der Waals surface area contributed by atoms with Crippen LogP contribution >= 0.6 is 0 Å². The lowest BCUT2D eigenvalue weighted by molar-refractivity contribution is -0.259. The molecule has 178 valence electrons. The van der Waals surface area contributed by atoms with Gasteiger partial charge >= 0.3 is 6.18 Å². The van der Waals surface area contributed by atoms with Gasteiger partial charge in [0.05, 0.1) is 0 Å². The number of aromatic nitrogens is 3. The number of sulfonamides is 1. The van der Waals surface area contributed by atoms with Crippen LogP contribution in [0.25, 0.3) is 0 Å². The Morgan fingerprint density at radius 2 is 1.85 bits per heavy atom. The van der Waals surface area contributed by atoms with E-state index in [1.54, 1.807) is 0 Å². The number of halogens is 3. The van der Waals surface area contributed by atoms with Crippen LogP contribution < -0.4 is 10.6 Å². The minimum Gasteiger partial charge on any atom is -0.384 e. The van der Waals surface area contributed by atoms with Gasteiger partial charge in [0.1, 0.15) is 23.4 Å². The molecule has 10 nitrogen and oxygen atoms in total. The highest BCUT2D eigenvalue weighted by Gasteiger charge is 2.51. The summed E-state index contributed by atoms with van der Waals surface area (Å²) in [4.78, 5) is 13.1. The second kappa shape index (κ2) is 9.10. The quantitative estimate of drug-likeness (QED) is 0.512. The van der Waals surface area contributed by atoms with Crippen LogP contribution in [-0.4, -0.2) is 76.3 Å². The topological polar surface area (TPSA) is 146 Å². The van der Waals surface area contributed by atoms with Crippen molar-refractivity contribution in [2.45, 2.75) is 29.6 Å². The standard InChI is InChI=1S/C19H21F3N6O4S/c1-18(30,19(20,21)22)13-9-25-17(26-10-13)28-7-6-27(12-14(28)3-2-8-29)33(31,32)15-4-5-16(23)24-11-15/h4-5,9-11,14,29-30H,6-8,12H2,1H3,(H2,23,24)/t14?,18-/m1/s1. The highest BCUT2D eigenvalue weighted by atomic mass is 32.2. The fraction of sp³-hybridized carbons (Fsp3) is 0.421. The van der Waals surface area contributed by atoms with Crippen LogP contribution in [0, 0.1) is 11.8 Å². The molecule has 0 aromatic carbocycles. The number of anilines is 2. The summed E-state index contributed by atoms with van der Waals surface area (Å²) in [5, 5.41) is 18.9. The zero-order chi connectivity index (χ0) is 24.4. The van der Waals surface area contributed by atoms with Crippen molar-refractivity contribution in [1.82, 2.24) is 19.3 Å². The number of aliphatic hydroxyl groups excluding tert-OH is 1. The Morgan fingerprint density at radius 3 is 2.39 bits per heavy atom. The second-order valence-electron chi connectivity index (χ2n) is 7.31. The first-order chi connectivity index (χ1) is 15.4. The fourth-order valence-corrected chi connectivity index (χ4v) is 4.46. The molecule has 4 N–H and O–H groups in total. The van der Waals surface area contributed by atoms with Crippen LogP contribution in [0.2, 0.25) is 0 Å². The van der Waals surface area contributed by atoms with Crippen LogP contribution in [0.4, 0.5) is 24.9 Å². The van der Waals surface area contributed by atoms with E-state index >= 15 is 0 Å². The number of rotatable bonds is 4. The molecule has 0 aliphatic carbocycles. The molecule has 3 heterocycles. The molecule has 0 bridgehead atoms. The van der Waals surface area contributed by atoms with Crippen molar-refractivity contribution in [2.75, 3.05) is 36.9 Å². The van der Waals surface area contributed by atoms with Gasteiger partial charge in [0.2, 0.25) is 16.0 Å². The minimum absolute atomic E-state index is 0.000151. The zero-order valence-electron chi connectivity index (χ0n) is 17.4. The third kappa shape index (κ3) is 5.01. The Kier molecular flexibility index (Phi) is 6.80. The molecule has 2 atom stereocenters.